The number of halogens is 3. The van der Waals surface area contributed by atoms with Crippen LogP contribution in [0, 0.1) is 10.7 Å². The topological polar surface area (TPSA) is 26.3 Å². The van der Waals surface area contributed by atoms with Crippen molar-refractivity contribution in [1.29, 1.82) is 0 Å². The molecule has 5 heteroatoms. The third-order valence-corrected chi connectivity index (χ3v) is 6.71. The number of ether oxygens (including phenoxy) is 1. The van der Waals surface area contributed by atoms with Gasteiger partial charge in [-0.05, 0) is 86.8 Å². The Morgan fingerprint density at radius 3 is 2.40 bits per heavy atom. The number of rotatable bonds is 2. The Hall–Kier alpha value is 0.620. The molecule has 80 valence electrons. The Morgan fingerprint density at radius 2 is 1.87 bits per heavy atom. The smallest absolute Gasteiger partial charge is 0.338 e. The van der Waals surface area contributed by atoms with Crippen LogP contribution in [-0.2, 0) is 4.79 Å². The van der Waals surface area contributed by atoms with Crippen LogP contribution in [0.1, 0.15) is 6.92 Å². The molecule has 0 aliphatic rings. The summed E-state index contributed by atoms with van der Waals surface area (Å²) in [7, 11) is 0. The average Bonchev–Trinajstić information content (AvgIpc) is 2.18. The molecule has 15 heavy (non-hydrogen) atoms. The lowest BCUT2D eigenvalue weighted by Crippen LogP contribution is -2.09. The van der Waals surface area contributed by atoms with Gasteiger partial charge >= 0.3 is 5.97 Å². The van der Waals surface area contributed by atoms with Crippen molar-refractivity contribution >= 4 is 73.7 Å². The lowest BCUT2D eigenvalue weighted by atomic mass is 10.3. The number of hydrogen-bond donors (Lipinski definition) is 0. The minimum absolute atomic E-state index is 0.384. The number of esters is 1. The monoisotopic (exact) mass is 540 g/mol. The van der Waals surface area contributed by atoms with Crippen LogP contribution in [0.4, 0.5) is 0 Å². The van der Waals surface area contributed by atoms with E-state index in [9.17, 15) is 4.79 Å². The van der Waals surface area contributed by atoms with Crippen molar-refractivity contribution < 1.29 is 9.53 Å². The molecule has 0 aromatic heterocycles. The van der Waals surface area contributed by atoms with Crippen LogP contribution in [0.2, 0.25) is 0 Å². The predicted octanol–water partition coefficient (Wildman–Crippen LogP) is 3.98. The van der Waals surface area contributed by atoms with Gasteiger partial charge in [0.1, 0.15) is 5.75 Å². The van der Waals surface area contributed by atoms with Gasteiger partial charge in [-0.1, -0.05) is 6.58 Å². The zero-order chi connectivity index (χ0) is 11.6. The molecule has 0 aliphatic carbocycles. The highest BCUT2D eigenvalue weighted by molar-refractivity contribution is 14.1. The van der Waals surface area contributed by atoms with Gasteiger partial charge in [-0.15, -0.1) is 0 Å². The van der Waals surface area contributed by atoms with Crippen LogP contribution in [0.3, 0.4) is 0 Å². The molecule has 0 atom stereocenters. The summed E-state index contributed by atoms with van der Waals surface area (Å²) in [5.74, 6) is 0.207. The molecule has 0 N–H and O–H groups in total. The third kappa shape index (κ3) is 3.55. The first-order chi connectivity index (χ1) is 6.93. The van der Waals surface area contributed by atoms with E-state index >= 15 is 0 Å². The van der Waals surface area contributed by atoms with Gasteiger partial charge < -0.3 is 4.74 Å². The molecule has 0 bridgehead atoms. The van der Waals surface area contributed by atoms with Crippen LogP contribution >= 0.6 is 67.8 Å². The van der Waals surface area contributed by atoms with E-state index in [1.54, 1.807) is 13.0 Å². The summed E-state index contributed by atoms with van der Waals surface area (Å²) in [5.41, 5.74) is 0.402. The number of benzene rings is 1. The highest BCUT2D eigenvalue weighted by Crippen LogP contribution is 2.29. The first-order valence-corrected chi connectivity index (χ1v) is 7.18. The lowest BCUT2D eigenvalue weighted by molar-refractivity contribution is -0.130. The Morgan fingerprint density at radius 1 is 1.27 bits per heavy atom. The maximum absolute atomic E-state index is 11.3. The summed E-state index contributed by atoms with van der Waals surface area (Å²) < 4.78 is 8.39. The summed E-state index contributed by atoms with van der Waals surface area (Å²) in [5, 5.41) is 0. The van der Waals surface area contributed by atoms with Crippen molar-refractivity contribution in [2.45, 2.75) is 6.92 Å². The molecule has 0 unspecified atom stereocenters. The highest BCUT2D eigenvalue weighted by atomic mass is 127. The summed E-state index contributed by atoms with van der Waals surface area (Å²) in [6.07, 6.45) is 0. The zero-order valence-corrected chi connectivity index (χ0v) is 14.3. The van der Waals surface area contributed by atoms with E-state index in [1.807, 2.05) is 6.07 Å². The fourth-order valence-corrected chi connectivity index (χ4v) is 2.77. The summed E-state index contributed by atoms with van der Waals surface area (Å²) >= 11 is 6.64. The van der Waals surface area contributed by atoms with Gasteiger partial charge in [0.2, 0.25) is 0 Å². The van der Waals surface area contributed by atoms with E-state index < -0.39 is 0 Å². The minimum Gasteiger partial charge on any atom is -0.422 e. The van der Waals surface area contributed by atoms with Crippen LogP contribution < -0.4 is 4.74 Å². The molecular weight excluding hydrogens is 533 g/mol. The molecule has 2 nitrogen and oxygen atoms in total. The summed E-state index contributed by atoms with van der Waals surface area (Å²) in [6.45, 7) is 5.17. The van der Waals surface area contributed by atoms with Gasteiger partial charge in [-0.2, -0.15) is 0 Å². The molecular formula is C10H7I3O2. The van der Waals surface area contributed by atoms with Gasteiger partial charge in [-0.3, -0.25) is 0 Å². The van der Waals surface area contributed by atoms with Crippen molar-refractivity contribution in [3.8, 4) is 5.75 Å². The normalized spacial score (nSPS) is 9.87. The Labute approximate surface area is 129 Å². The van der Waals surface area contributed by atoms with Gasteiger partial charge in [0.15, 0.2) is 0 Å². The van der Waals surface area contributed by atoms with Crippen LogP contribution in [0.25, 0.3) is 0 Å². The largest absolute Gasteiger partial charge is 0.422 e. The van der Waals surface area contributed by atoms with Gasteiger partial charge in [0.05, 0.1) is 3.57 Å². The van der Waals surface area contributed by atoms with Crippen LogP contribution in [0.15, 0.2) is 24.3 Å². The van der Waals surface area contributed by atoms with E-state index in [1.165, 1.54) is 0 Å². The van der Waals surface area contributed by atoms with E-state index in [0.717, 1.165) is 10.7 Å². The SMILES string of the molecule is C=C(C)C(=O)Oc1ccc(I)c(I)c1I. The molecule has 0 aliphatic heterocycles. The molecule has 0 amide bonds. The highest BCUT2D eigenvalue weighted by Gasteiger charge is 2.12. The second kappa shape index (κ2) is 5.80. The molecule has 0 heterocycles. The third-order valence-electron chi connectivity index (χ3n) is 1.55. The first-order valence-electron chi connectivity index (χ1n) is 3.94. The fraction of sp³-hybridized carbons (Fsp3) is 0.100. The number of carbonyl (C=O) groups excluding carboxylic acids is 1. The Bertz CT molecular complexity index is 427. The van der Waals surface area contributed by atoms with E-state index in [-0.39, 0.29) is 5.97 Å². The predicted molar refractivity (Wildman–Crippen MR) is 85.0 cm³/mol. The standard InChI is InChI=1S/C10H7I3O2/c1-5(2)10(14)15-7-4-3-6(11)8(12)9(7)13/h3-4H,1H2,2H3. The van der Waals surface area contributed by atoms with E-state index in [2.05, 4.69) is 74.4 Å². The first kappa shape index (κ1) is 13.7. The van der Waals surface area contributed by atoms with Gasteiger partial charge in [0.25, 0.3) is 0 Å². The zero-order valence-electron chi connectivity index (χ0n) is 7.81. The summed E-state index contributed by atoms with van der Waals surface area (Å²) in [4.78, 5) is 11.3. The second-order valence-corrected chi connectivity index (χ2v) is 6.16. The molecule has 0 radical (unpaired) electrons. The van der Waals surface area contributed by atoms with Crippen molar-refractivity contribution in [1.82, 2.24) is 0 Å². The minimum atomic E-state index is -0.384. The Kier molecular flexibility index (Phi) is 5.29. The number of hydrogen-bond acceptors (Lipinski definition) is 2. The average molecular weight is 540 g/mol. The fourth-order valence-electron chi connectivity index (χ4n) is 0.774. The molecule has 0 saturated carbocycles. The van der Waals surface area contributed by atoms with Crippen LogP contribution in [0.5, 0.6) is 5.75 Å². The molecule has 0 spiro atoms. The maximum Gasteiger partial charge on any atom is 0.338 e. The molecule has 1 aromatic rings. The van der Waals surface area contributed by atoms with Gasteiger partial charge in [0, 0.05) is 12.7 Å². The molecule has 1 aromatic carbocycles. The van der Waals surface area contributed by atoms with Crippen molar-refractivity contribution in [3.05, 3.63) is 35.0 Å². The lowest BCUT2D eigenvalue weighted by Gasteiger charge is -2.08. The van der Waals surface area contributed by atoms with Crippen LogP contribution in [-0.4, -0.2) is 5.97 Å². The van der Waals surface area contributed by atoms with Crippen molar-refractivity contribution in [2.75, 3.05) is 0 Å². The van der Waals surface area contributed by atoms with E-state index in [4.69, 9.17) is 4.74 Å². The molecule has 0 saturated heterocycles. The molecule has 1 rings (SSSR count). The Balaban J connectivity index is 3.02. The van der Waals surface area contributed by atoms with Gasteiger partial charge in [-0.25, -0.2) is 4.79 Å². The van der Waals surface area contributed by atoms with Crippen molar-refractivity contribution in [2.24, 2.45) is 0 Å². The molecule has 0 fully saturated rings. The van der Waals surface area contributed by atoms with Crippen molar-refractivity contribution in [3.63, 3.8) is 0 Å². The quantitative estimate of drug-likeness (QED) is 0.187. The number of carbonyl (C=O) groups is 1. The summed E-state index contributed by atoms with van der Waals surface area (Å²) in [6, 6.07) is 3.72. The second-order valence-electron chi connectivity index (χ2n) is 2.84. The maximum atomic E-state index is 11.3. The van der Waals surface area contributed by atoms with E-state index in [0.29, 0.717) is 11.3 Å².